The summed E-state index contributed by atoms with van der Waals surface area (Å²) in [7, 11) is 0. The number of hydrogen-bond acceptors (Lipinski definition) is 10. The van der Waals surface area contributed by atoms with Gasteiger partial charge in [-0.15, -0.1) is 0 Å². The van der Waals surface area contributed by atoms with Gasteiger partial charge in [0.2, 0.25) is 0 Å². The Morgan fingerprint density at radius 2 is 0.426 bits per heavy atom. The van der Waals surface area contributed by atoms with E-state index >= 15 is 0 Å². The Bertz CT molecular complexity index is 4270. The topological polar surface area (TPSA) is 92.3 Å². The molecule has 2 aliphatic carbocycles. The third-order valence-electron chi connectivity index (χ3n) is 19.9. The third-order valence-corrected chi connectivity index (χ3v) is 19.9. The second-order valence-corrected chi connectivity index (χ2v) is 29.0. The SMILES string of the molecule is CCCOc1c2cccc1Cc1cc3cc(c1OCCC)Cc1cccc(c1OCCC)Cc1cc(cc(c1OCCC)C2)COc1cc2c(OCCC)c(c1)Cc1cc(/C=C/c4ccccc4)cc(c1OCCC)Cc1cc(cc(c1OCCC)Cc1cc(/C=C/c4ccccc4)cc(c1OCCC)C2)OC3. The second kappa shape index (κ2) is 37.5. The number of ether oxygens (including phenoxy) is 10. The Balaban J connectivity index is 1.14. The van der Waals surface area contributed by atoms with Gasteiger partial charge in [0.25, 0.3) is 0 Å². The van der Waals surface area contributed by atoms with Gasteiger partial charge in [0.05, 0.1) is 52.9 Å². The summed E-state index contributed by atoms with van der Waals surface area (Å²) in [4.78, 5) is 0. The van der Waals surface area contributed by atoms with Crippen LogP contribution >= 0.6 is 0 Å². The van der Waals surface area contributed by atoms with Crippen molar-refractivity contribution in [2.24, 2.45) is 0 Å². The van der Waals surface area contributed by atoms with Crippen LogP contribution in [0.5, 0.6) is 57.5 Å². The summed E-state index contributed by atoms with van der Waals surface area (Å²) < 4.78 is 72.4. The zero-order valence-electron chi connectivity index (χ0n) is 64.9. The number of para-hydroxylation sites is 2. The van der Waals surface area contributed by atoms with Crippen molar-refractivity contribution in [2.75, 3.05) is 52.9 Å². The number of benzene rings is 10. The van der Waals surface area contributed by atoms with E-state index in [2.05, 4.69) is 250 Å². The van der Waals surface area contributed by atoms with Crippen molar-refractivity contribution in [3.8, 4) is 57.5 Å². The Labute approximate surface area is 642 Å². The number of hydrogen-bond donors (Lipinski definition) is 0. The van der Waals surface area contributed by atoms with Gasteiger partial charge in [0.15, 0.2) is 0 Å². The standard InChI is InChI=1S/C98H108O10/c1-9-37-99-91-73-29-23-30-74(91)54-82-50-72-52-84(96(82)104-42-14-6)56-76-32-24-31-75(92(76)100-38-10-2)55-83-51-71(49-81(53-73)95(83)103-41-13-5)65-107-89-61-85-57-77-45-69(35-33-67-25-19-17-20-26-67)46-78(93(77)101-39-11-3)58-86-62-90(108-66-72)64-88(98(86)106-44-16-8)60-80-48-70(36-34-68-27-21-18-22-28-68)47-79(94(80)102-40-12-4)59-87(63-89)97(85)105-43-15-7/h17-36,45-52,61-64H,9-16,37-44,53-60,65-66H2,1-8H3/b35-33+,36-34+. The van der Waals surface area contributed by atoms with Crippen LogP contribution in [0.4, 0.5) is 0 Å². The van der Waals surface area contributed by atoms with E-state index in [1.54, 1.807) is 0 Å². The van der Waals surface area contributed by atoms with Crippen LogP contribution in [0.3, 0.4) is 0 Å². The van der Waals surface area contributed by atoms with Crippen molar-refractivity contribution in [1.82, 2.24) is 0 Å². The smallest absolute Gasteiger partial charge is 0.126 e. The van der Waals surface area contributed by atoms with E-state index in [1.165, 1.54) is 0 Å². The van der Waals surface area contributed by atoms with Gasteiger partial charge in [0, 0.05) is 73.6 Å². The average Bonchev–Trinajstić information content (AvgIpc) is 0.776. The first kappa shape index (κ1) is 75.9. The molecule has 0 spiro atoms. The van der Waals surface area contributed by atoms with E-state index in [1.807, 2.05) is 0 Å². The van der Waals surface area contributed by atoms with Crippen LogP contribution in [-0.4, -0.2) is 52.9 Å². The predicted molar refractivity (Wildman–Crippen MR) is 440 cm³/mol. The van der Waals surface area contributed by atoms with Gasteiger partial charge in [-0.1, -0.05) is 177 Å². The maximum atomic E-state index is 7.51. The van der Waals surface area contributed by atoms with Crippen LogP contribution in [0.2, 0.25) is 0 Å². The number of fused-ring (bicyclic) bond motifs is 2. The van der Waals surface area contributed by atoms with Crippen LogP contribution in [-0.2, 0) is 64.6 Å². The summed E-state index contributed by atoms with van der Waals surface area (Å²) in [5, 5.41) is 0. The highest BCUT2D eigenvalue weighted by atomic mass is 16.5. The molecule has 0 radical (unpaired) electrons. The maximum Gasteiger partial charge on any atom is 0.126 e. The molecule has 10 aromatic carbocycles. The second-order valence-electron chi connectivity index (χ2n) is 29.0. The first-order valence-electron chi connectivity index (χ1n) is 40.0. The molecule has 0 saturated carbocycles. The Morgan fingerprint density at radius 3 is 0.667 bits per heavy atom. The monoisotopic (exact) mass is 1440 g/mol. The minimum absolute atomic E-state index is 0.257. The molecule has 0 aromatic heterocycles. The molecule has 0 atom stereocenters. The van der Waals surface area contributed by atoms with Crippen LogP contribution in [0.1, 0.15) is 229 Å². The predicted octanol–water partition coefficient (Wildman–Crippen LogP) is 23.2. The minimum atomic E-state index is 0.257. The summed E-state index contributed by atoms with van der Waals surface area (Å²) in [6, 6.07) is 61.9. The van der Waals surface area contributed by atoms with Crippen LogP contribution in [0.15, 0.2) is 170 Å². The van der Waals surface area contributed by atoms with E-state index in [9.17, 15) is 0 Å². The summed E-state index contributed by atoms with van der Waals surface area (Å²) in [6.45, 7) is 22.2. The van der Waals surface area contributed by atoms with E-state index in [0.717, 1.165) is 231 Å². The van der Waals surface area contributed by atoms with Gasteiger partial charge in [-0.2, -0.15) is 0 Å². The molecular formula is C98H108O10. The first-order valence-corrected chi connectivity index (χ1v) is 40.0. The van der Waals surface area contributed by atoms with Crippen molar-refractivity contribution >= 4 is 24.3 Å². The lowest BCUT2D eigenvalue weighted by Gasteiger charge is -2.25. The highest BCUT2D eigenvalue weighted by molar-refractivity contribution is 5.74. The Morgan fingerprint density at radius 1 is 0.222 bits per heavy atom. The first-order chi connectivity index (χ1) is 53.1. The molecule has 0 N–H and O–H groups in total. The Kier molecular flexibility index (Phi) is 26.3. The van der Waals surface area contributed by atoms with Crippen LogP contribution in [0.25, 0.3) is 24.3 Å². The van der Waals surface area contributed by atoms with Crippen molar-refractivity contribution in [3.63, 3.8) is 0 Å². The van der Waals surface area contributed by atoms with Crippen LogP contribution in [0, 0.1) is 0 Å². The fraction of sp³-hybridized carbons (Fsp3) is 0.347. The molecule has 2 heterocycles. The summed E-state index contributed by atoms with van der Waals surface area (Å²) in [5.41, 5.74) is 23.0. The molecule has 20 bridgehead atoms. The van der Waals surface area contributed by atoms with E-state index < -0.39 is 0 Å². The average molecular weight is 1450 g/mol. The van der Waals surface area contributed by atoms with Crippen molar-refractivity contribution in [2.45, 2.75) is 171 Å². The van der Waals surface area contributed by atoms with Gasteiger partial charge in [-0.05, 0) is 224 Å². The molecular weight excluding hydrogens is 1340 g/mol. The van der Waals surface area contributed by atoms with Crippen molar-refractivity contribution in [3.05, 3.63) is 292 Å². The Hall–Kier alpha value is -10.3. The summed E-state index contributed by atoms with van der Waals surface area (Å²) >= 11 is 0. The zero-order chi connectivity index (χ0) is 74.6. The molecule has 10 aromatic rings. The maximum absolute atomic E-state index is 7.51. The van der Waals surface area contributed by atoms with E-state index in [0.29, 0.717) is 104 Å². The highest BCUT2D eigenvalue weighted by Crippen LogP contribution is 2.46. The van der Waals surface area contributed by atoms with Crippen molar-refractivity contribution < 1.29 is 47.4 Å². The van der Waals surface area contributed by atoms with Gasteiger partial charge in [-0.25, -0.2) is 0 Å². The molecule has 0 unspecified atom stereocenters. The van der Waals surface area contributed by atoms with E-state index in [4.69, 9.17) is 47.4 Å². The molecule has 108 heavy (non-hydrogen) atoms. The molecule has 4 aliphatic rings. The van der Waals surface area contributed by atoms with Gasteiger partial charge >= 0.3 is 0 Å². The van der Waals surface area contributed by atoms with Gasteiger partial charge in [-0.3, -0.25) is 0 Å². The lowest BCUT2D eigenvalue weighted by molar-refractivity contribution is 0.293. The van der Waals surface area contributed by atoms with E-state index in [-0.39, 0.29) is 13.2 Å². The molecule has 0 saturated heterocycles. The molecule has 0 fully saturated rings. The molecule has 0 amide bonds. The molecule has 10 nitrogen and oxygen atoms in total. The van der Waals surface area contributed by atoms with Crippen molar-refractivity contribution in [1.29, 1.82) is 0 Å². The quantitative estimate of drug-likeness (QED) is 0.0442. The van der Waals surface area contributed by atoms with Gasteiger partial charge in [0.1, 0.15) is 70.7 Å². The molecule has 2 aliphatic heterocycles. The zero-order valence-corrected chi connectivity index (χ0v) is 64.9. The fourth-order valence-corrected chi connectivity index (χ4v) is 15.2. The summed E-state index contributed by atoms with van der Waals surface area (Å²) in [6.07, 6.45) is 19.6. The normalized spacial score (nSPS) is 13.1. The molecule has 10 heteroatoms. The highest BCUT2D eigenvalue weighted by Gasteiger charge is 2.29. The lowest BCUT2D eigenvalue weighted by atomic mass is 9.89. The summed E-state index contributed by atoms with van der Waals surface area (Å²) in [5.74, 6) is 8.34. The minimum Gasteiger partial charge on any atom is -0.493 e. The fourth-order valence-electron chi connectivity index (χ4n) is 15.2. The largest absolute Gasteiger partial charge is 0.493 e. The third kappa shape index (κ3) is 18.8. The molecule has 14 rings (SSSR count). The lowest BCUT2D eigenvalue weighted by Crippen LogP contribution is -2.12. The molecule has 560 valence electrons. The van der Waals surface area contributed by atoms with Gasteiger partial charge < -0.3 is 47.4 Å². The number of rotatable bonds is 28. The van der Waals surface area contributed by atoms with Crippen LogP contribution < -0.4 is 47.4 Å².